The second-order valence-corrected chi connectivity index (χ2v) is 6.02. The van der Waals surface area contributed by atoms with Gasteiger partial charge in [0.1, 0.15) is 5.75 Å². The lowest BCUT2D eigenvalue weighted by atomic mass is 10.0. The Labute approximate surface area is 123 Å². The van der Waals surface area contributed by atoms with Gasteiger partial charge >= 0.3 is 0 Å². The summed E-state index contributed by atoms with van der Waals surface area (Å²) >= 11 is 0. The van der Waals surface area contributed by atoms with Gasteiger partial charge in [0.2, 0.25) is 0 Å². The van der Waals surface area contributed by atoms with Gasteiger partial charge in [-0.25, -0.2) is 0 Å². The molecule has 0 saturated heterocycles. The molecule has 0 spiro atoms. The highest BCUT2D eigenvalue weighted by molar-refractivity contribution is 5.29. The van der Waals surface area contributed by atoms with E-state index >= 15 is 0 Å². The second-order valence-electron chi connectivity index (χ2n) is 6.02. The second kappa shape index (κ2) is 7.09. The summed E-state index contributed by atoms with van der Waals surface area (Å²) in [6.45, 7) is 9.23. The van der Waals surface area contributed by atoms with Crippen molar-refractivity contribution in [2.24, 2.45) is 11.7 Å². The highest BCUT2D eigenvalue weighted by atomic mass is 16.5. The van der Waals surface area contributed by atoms with Crippen molar-refractivity contribution in [3.05, 3.63) is 29.8 Å². The highest BCUT2D eigenvalue weighted by Crippen LogP contribution is 2.32. The lowest BCUT2D eigenvalue weighted by Crippen LogP contribution is -2.35. The summed E-state index contributed by atoms with van der Waals surface area (Å²) < 4.78 is 5.70. The van der Waals surface area contributed by atoms with Gasteiger partial charge in [-0.05, 0) is 56.8 Å². The van der Waals surface area contributed by atoms with Crippen LogP contribution in [0, 0.1) is 5.92 Å². The molecule has 1 unspecified atom stereocenters. The topological polar surface area (TPSA) is 38.5 Å². The minimum absolute atomic E-state index is 0.216. The highest BCUT2D eigenvalue weighted by Gasteiger charge is 2.27. The zero-order valence-corrected chi connectivity index (χ0v) is 13.0. The number of benzene rings is 1. The fourth-order valence-corrected chi connectivity index (χ4v) is 2.65. The standard InChI is InChI=1S/C17H28N2O/c1-4-19(12-14-5-6-14)17(11-18)15-7-9-16(10-8-15)20-13(2)3/h7-10,13-14,17H,4-6,11-12,18H2,1-3H3. The Morgan fingerprint density at radius 2 is 1.90 bits per heavy atom. The first-order valence-corrected chi connectivity index (χ1v) is 7.84. The molecule has 1 atom stereocenters. The van der Waals surface area contributed by atoms with Crippen molar-refractivity contribution in [2.45, 2.75) is 45.8 Å². The maximum absolute atomic E-state index is 6.02. The Balaban J connectivity index is 2.05. The van der Waals surface area contributed by atoms with Gasteiger partial charge in [0.15, 0.2) is 0 Å². The number of nitrogens with zero attached hydrogens (tertiary/aromatic N) is 1. The molecule has 1 saturated carbocycles. The molecule has 2 N–H and O–H groups in total. The molecule has 112 valence electrons. The van der Waals surface area contributed by atoms with Crippen LogP contribution in [0.4, 0.5) is 0 Å². The summed E-state index contributed by atoms with van der Waals surface area (Å²) in [6, 6.07) is 8.76. The molecule has 0 radical (unpaired) electrons. The van der Waals surface area contributed by atoms with Crippen LogP contribution in [0.25, 0.3) is 0 Å². The predicted octanol–water partition coefficient (Wildman–Crippen LogP) is 3.21. The van der Waals surface area contributed by atoms with Crippen LogP contribution in [0.15, 0.2) is 24.3 Å². The summed E-state index contributed by atoms with van der Waals surface area (Å²) in [7, 11) is 0. The molecule has 1 aromatic rings. The van der Waals surface area contributed by atoms with Gasteiger partial charge in [-0.2, -0.15) is 0 Å². The van der Waals surface area contributed by atoms with Crippen LogP contribution in [0.3, 0.4) is 0 Å². The van der Waals surface area contributed by atoms with E-state index in [-0.39, 0.29) is 6.10 Å². The van der Waals surface area contributed by atoms with E-state index in [0.717, 1.165) is 18.2 Å². The van der Waals surface area contributed by atoms with E-state index in [4.69, 9.17) is 10.5 Å². The Kier molecular flexibility index (Phi) is 5.44. The number of hydrogen-bond acceptors (Lipinski definition) is 3. The predicted molar refractivity (Wildman–Crippen MR) is 84.0 cm³/mol. The third kappa shape index (κ3) is 4.22. The van der Waals surface area contributed by atoms with E-state index in [2.05, 4.69) is 36.1 Å². The van der Waals surface area contributed by atoms with Crippen LogP contribution in [0.5, 0.6) is 5.75 Å². The van der Waals surface area contributed by atoms with E-state index in [0.29, 0.717) is 12.6 Å². The molecule has 1 aromatic carbocycles. The zero-order chi connectivity index (χ0) is 14.5. The summed E-state index contributed by atoms with van der Waals surface area (Å²) in [5.74, 6) is 1.83. The number of hydrogen-bond donors (Lipinski definition) is 1. The molecule has 0 aliphatic heterocycles. The van der Waals surface area contributed by atoms with E-state index in [1.807, 2.05) is 13.8 Å². The van der Waals surface area contributed by atoms with E-state index in [1.54, 1.807) is 0 Å². The number of nitrogens with two attached hydrogens (primary N) is 1. The van der Waals surface area contributed by atoms with Crippen molar-refractivity contribution in [3.63, 3.8) is 0 Å². The van der Waals surface area contributed by atoms with Crippen molar-refractivity contribution < 1.29 is 4.74 Å². The van der Waals surface area contributed by atoms with Crippen LogP contribution >= 0.6 is 0 Å². The van der Waals surface area contributed by atoms with Gasteiger partial charge in [-0.1, -0.05) is 19.1 Å². The Hall–Kier alpha value is -1.06. The summed E-state index contributed by atoms with van der Waals surface area (Å²) in [5.41, 5.74) is 7.32. The van der Waals surface area contributed by atoms with Crippen molar-refractivity contribution in [1.82, 2.24) is 4.90 Å². The van der Waals surface area contributed by atoms with Gasteiger partial charge in [0.25, 0.3) is 0 Å². The number of ether oxygens (including phenoxy) is 1. The smallest absolute Gasteiger partial charge is 0.119 e. The van der Waals surface area contributed by atoms with Gasteiger partial charge < -0.3 is 10.5 Å². The summed E-state index contributed by atoms with van der Waals surface area (Å²) in [4.78, 5) is 2.51. The molecule has 0 bridgehead atoms. The van der Waals surface area contributed by atoms with E-state index in [1.165, 1.54) is 24.9 Å². The van der Waals surface area contributed by atoms with E-state index < -0.39 is 0 Å². The van der Waals surface area contributed by atoms with Crippen LogP contribution in [0.2, 0.25) is 0 Å². The maximum atomic E-state index is 6.02. The van der Waals surface area contributed by atoms with Gasteiger partial charge in [-0.3, -0.25) is 4.90 Å². The Bertz CT molecular complexity index is 398. The number of rotatable bonds is 8. The lowest BCUT2D eigenvalue weighted by Gasteiger charge is -2.30. The molecule has 20 heavy (non-hydrogen) atoms. The normalized spacial score (nSPS) is 16.7. The fraction of sp³-hybridized carbons (Fsp3) is 0.647. The minimum Gasteiger partial charge on any atom is -0.491 e. The fourth-order valence-electron chi connectivity index (χ4n) is 2.65. The van der Waals surface area contributed by atoms with Crippen LogP contribution in [0.1, 0.15) is 45.2 Å². The third-order valence-corrected chi connectivity index (χ3v) is 3.90. The van der Waals surface area contributed by atoms with Crippen LogP contribution < -0.4 is 10.5 Å². The zero-order valence-electron chi connectivity index (χ0n) is 13.0. The van der Waals surface area contributed by atoms with Crippen molar-refractivity contribution >= 4 is 0 Å². The van der Waals surface area contributed by atoms with Crippen molar-refractivity contribution in [2.75, 3.05) is 19.6 Å². The molecule has 2 rings (SSSR count). The van der Waals surface area contributed by atoms with Crippen LogP contribution in [-0.4, -0.2) is 30.6 Å². The lowest BCUT2D eigenvalue weighted by molar-refractivity contribution is 0.203. The Morgan fingerprint density at radius 1 is 1.25 bits per heavy atom. The van der Waals surface area contributed by atoms with Gasteiger partial charge in [0, 0.05) is 19.1 Å². The molecule has 3 nitrogen and oxygen atoms in total. The van der Waals surface area contributed by atoms with Gasteiger partial charge in [-0.15, -0.1) is 0 Å². The maximum Gasteiger partial charge on any atom is 0.119 e. The minimum atomic E-state index is 0.216. The Morgan fingerprint density at radius 3 is 2.35 bits per heavy atom. The summed E-state index contributed by atoms with van der Waals surface area (Å²) in [6.07, 6.45) is 2.98. The van der Waals surface area contributed by atoms with Crippen LogP contribution in [-0.2, 0) is 0 Å². The molecule has 0 amide bonds. The first-order chi connectivity index (χ1) is 9.63. The average Bonchev–Trinajstić information content (AvgIpc) is 3.23. The SMILES string of the molecule is CCN(CC1CC1)C(CN)c1ccc(OC(C)C)cc1. The molecule has 3 heteroatoms. The van der Waals surface area contributed by atoms with Crippen molar-refractivity contribution in [1.29, 1.82) is 0 Å². The average molecular weight is 276 g/mol. The van der Waals surface area contributed by atoms with E-state index in [9.17, 15) is 0 Å². The molecule has 1 fully saturated rings. The molecular formula is C17H28N2O. The first kappa shape index (κ1) is 15.3. The number of likely N-dealkylation sites (N-methyl/N-ethyl adjacent to an activating group) is 1. The molecule has 0 aromatic heterocycles. The van der Waals surface area contributed by atoms with Gasteiger partial charge in [0.05, 0.1) is 6.10 Å². The first-order valence-electron chi connectivity index (χ1n) is 7.84. The molecule has 1 aliphatic rings. The molecule has 1 aliphatic carbocycles. The largest absolute Gasteiger partial charge is 0.491 e. The molecule has 0 heterocycles. The molecular weight excluding hydrogens is 248 g/mol. The third-order valence-electron chi connectivity index (χ3n) is 3.90. The van der Waals surface area contributed by atoms with Crippen molar-refractivity contribution in [3.8, 4) is 5.75 Å². The summed E-state index contributed by atoms with van der Waals surface area (Å²) in [5, 5.41) is 0. The quantitative estimate of drug-likeness (QED) is 0.792. The monoisotopic (exact) mass is 276 g/mol.